The highest BCUT2D eigenvalue weighted by Crippen LogP contribution is 2.24. The molecule has 2 N–H and O–H groups in total. The van der Waals surface area contributed by atoms with Crippen molar-refractivity contribution in [2.45, 2.75) is 30.7 Å². The van der Waals surface area contributed by atoms with Crippen molar-refractivity contribution in [3.63, 3.8) is 0 Å². The lowest BCUT2D eigenvalue weighted by Crippen LogP contribution is -2.34. The molecule has 0 amide bonds. The van der Waals surface area contributed by atoms with Gasteiger partial charge in [-0.3, -0.25) is 0 Å². The van der Waals surface area contributed by atoms with Crippen LogP contribution in [0.4, 0.5) is 5.82 Å². The summed E-state index contributed by atoms with van der Waals surface area (Å²) in [6.07, 6.45) is 3.15. The van der Waals surface area contributed by atoms with Crippen molar-refractivity contribution in [3.8, 4) is 0 Å². The van der Waals surface area contributed by atoms with Crippen LogP contribution >= 0.6 is 23.4 Å². The van der Waals surface area contributed by atoms with Gasteiger partial charge < -0.3 is 5.32 Å². The first-order valence-electron chi connectivity index (χ1n) is 6.52. The lowest BCUT2D eigenvalue weighted by molar-refractivity contribution is 0.563. The number of halogens is 1. The van der Waals surface area contributed by atoms with E-state index >= 15 is 0 Å². The van der Waals surface area contributed by atoms with Gasteiger partial charge in [0.2, 0.25) is 10.0 Å². The summed E-state index contributed by atoms with van der Waals surface area (Å²) in [7, 11) is -3.54. The van der Waals surface area contributed by atoms with E-state index in [9.17, 15) is 8.42 Å². The van der Waals surface area contributed by atoms with E-state index in [0.717, 1.165) is 30.9 Å². The Morgan fingerprint density at radius 2 is 2.35 bits per heavy atom. The molecular weight excluding hydrogens is 318 g/mol. The average molecular weight is 336 g/mol. The van der Waals surface area contributed by atoms with Crippen LogP contribution < -0.4 is 10.0 Å². The Labute approximate surface area is 128 Å². The predicted octanol–water partition coefficient (Wildman–Crippen LogP) is 2.34. The van der Waals surface area contributed by atoms with E-state index in [1.54, 1.807) is 11.8 Å². The Kier molecular flexibility index (Phi) is 5.54. The molecule has 8 heteroatoms. The molecule has 2 rings (SSSR count). The third-order valence-corrected chi connectivity index (χ3v) is 5.86. The minimum atomic E-state index is -3.54. The molecule has 1 fully saturated rings. The summed E-state index contributed by atoms with van der Waals surface area (Å²) in [5.41, 5.74) is 0. The maximum absolute atomic E-state index is 12.2. The van der Waals surface area contributed by atoms with E-state index in [-0.39, 0.29) is 10.9 Å². The number of thioether (sulfide) groups is 1. The fraction of sp³-hybridized carbons (Fsp3) is 0.583. The molecule has 1 aromatic rings. The monoisotopic (exact) mass is 335 g/mol. The number of hydrogen-bond donors (Lipinski definition) is 2. The van der Waals surface area contributed by atoms with Gasteiger partial charge >= 0.3 is 0 Å². The topological polar surface area (TPSA) is 71.1 Å². The normalized spacial score (nSPS) is 19.2. The molecule has 0 saturated carbocycles. The van der Waals surface area contributed by atoms with Crippen molar-refractivity contribution < 1.29 is 8.42 Å². The molecule has 1 aliphatic rings. The molecule has 0 bridgehead atoms. The van der Waals surface area contributed by atoms with Gasteiger partial charge in [-0.2, -0.15) is 11.8 Å². The van der Waals surface area contributed by atoms with Crippen molar-refractivity contribution in [2.24, 2.45) is 0 Å². The number of nitrogens with one attached hydrogen (secondary N) is 2. The van der Waals surface area contributed by atoms with E-state index in [0.29, 0.717) is 10.8 Å². The molecule has 0 aliphatic carbocycles. The Hall–Kier alpha value is -0.500. The van der Waals surface area contributed by atoms with Crippen LogP contribution in [0.2, 0.25) is 5.02 Å². The van der Waals surface area contributed by atoms with Gasteiger partial charge in [0.25, 0.3) is 0 Å². The van der Waals surface area contributed by atoms with Gasteiger partial charge in [0.05, 0.1) is 5.02 Å². The summed E-state index contributed by atoms with van der Waals surface area (Å²) in [6, 6.07) is 1.44. The van der Waals surface area contributed by atoms with Crippen LogP contribution in [0, 0.1) is 0 Å². The van der Waals surface area contributed by atoms with Gasteiger partial charge in [0.1, 0.15) is 10.7 Å². The van der Waals surface area contributed by atoms with E-state index in [2.05, 4.69) is 15.0 Å². The summed E-state index contributed by atoms with van der Waals surface area (Å²) in [5, 5.41) is 3.37. The molecule has 0 radical (unpaired) electrons. The van der Waals surface area contributed by atoms with Gasteiger partial charge in [-0.1, -0.05) is 18.5 Å². The van der Waals surface area contributed by atoms with Crippen LogP contribution in [0.1, 0.15) is 19.8 Å². The summed E-state index contributed by atoms with van der Waals surface area (Å²) < 4.78 is 27.1. The zero-order chi connectivity index (χ0) is 14.6. The maximum Gasteiger partial charge on any atom is 0.242 e. The van der Waals surface area contributed by atoms with Crippen LogP contribution in [0.3, 0.4) is 0 Å². The maximum atomic E-state index is 12.2. The first-order valence-corrected chi connectivity index (χ1v) is 9.54. The number of anilines is 1. The summed E-state index contributed by atoms with van der Waals surface area (Å²) in [4.78, 5) is 4.20. The number of hydrogen-bond acceptors (Lipinski definition) is 5. The molecule has 0 spiro atoms. The second-order valence-corrected chi connectivity index (χ2v) is 7.88. The highest BCUT2D eigenvalue weighted by atomic mass is 35.5. The van der Waals surface area contributed by atoms with Gasteiger partial charge in [-0.25, -0.2) is 18.1 Å². The Morgan fingerprint density at radius 3 is 2.95 bits per heavy atom. The Morgan fingerprint density at radius 1 is 1.55 bits per heavy atom. The highest BCUT2D eigenvalue weighted by Gasteiger charge is 2.24. The summed E-state index contributed by atoms with van der Waals surface area (Å²) >= 11 is 7.82. The third-order valence-electron chi connectivity index (χ3n) is 2.92. The van der Waals surface area contributed by atoms with Crippen LogP contribution in [-0.2, 0) is 10.0 Å². The molecule has 1 saturated heterocycles. The zero-order valence-corrected chi connectivity index (χ0v) is 13.6. The second kappa shape index (κ2) is 6.98. The van der Waals surface area contributed by atoms with Crippen LogP contribution in [0.25, 0.3) is 0 Å². The zero-order valence-electron chi connectivity index (χ0n) is 11.2. The largest absolute Gasteiger partial charge is 0.369 e. The van der Waals surface area contributed by atoms with Gasteiger partial charge in [-0.15, -0.1) is 0 Å². The standard InChI is InChI=1S/C12H18ClN3O2S2/c1-2-4-14-12-11(13)6-10(7-15-12)20(17,18)16-9-3-5-19-8-9/h6-7,9,16H,2-5,8H2,1H3,(H,14,15). The number of nitrogens with zero attached hydrogens (tertiary/aromatic N) is 1. The van der Waals surface area contributed by atoms with Gasteiger partial charge in [-0.05, 0) is 24.7 Å². The molecule has 5 nitrogen and oxygen atoms in total. The van der Waals surface area contributed by atoms with Crippen molar-refractivity contribution in [1.82, 2.24) is 9.71 Å². The minimum absolute atomic E-state index is 0.00154. The molecule has 0 aromatic carbocycles. The lowest BCUT2D eigenvalue weighted by atomic mass is 10.3. The van der Waals surface area contributed by atoms with E-state index in [1.165, 1.54) is 12.3 Å². The quantitative estimate of drug-likeness (QED) is 0.835. The minimum Gasteiger partial charge on any atom is -0.369 e. The first kappa shape index (κ1) is 15.9. The highest BCUT2D eigenvalue weighted by molar-refractivity contribution is 7.99. The molecule has 2 heterocycles. The van der Waals surface area contributed by atoms with Crippen LogP contribution in [0.15, 0.2) is 17.2 Å². The SMILES string of the molecule is CCCNc1ncc(S(=O)(=O)NC2CCSC2)cc1Cl. The summed E-state index contributed by atoms with van der Waals surface area (Å²) in [5.74, 6) is 2.33. The van der Waals surface area contributed by atoms with Crippen molar-refractivity contribution in [2.75, 3.05) is 23.4 Å². The van der Waals surface area contributed by atoms with Crippen molar-refractivity contribution in [1.29, 1.82) is 0 Å². The van der Waals surface area contributed by atoms with Crippen molar-refractivity contribution in [3.05, 3.63) is 17.3 Å². The molecule has 1 aliphatic heterocycles. The average Bonchev–Trinajstić information content (AvgIpc) is 2.89. The molecule has 20 heavy (non-hydrogen) atoms. The third kappa shape index (κ3) is 4.00. The first-order chi connectivity index (χ1) is 9.53. The molecule has 1 aromatic heterocycles. The van der Waals surface area contributed by atoms with E-state index in [4.69, 9.17) is 11.6 Å². The van der Waals surface area contributed by atoms with Crippen LogP contribution in [0.5, 0.6) is 0 Å². The van der Waals surface area contributed by atoms with Crippen LogP contribution in [-0.4, -0.2) is 37.5 Å². The number of rotatable bonds is 6. The lowest BCUT2D eigenvalue weighted by Gasteiger charge is -2.13. The number of aromatic nitrogens is 1. The number of pyridine rings is 1. The smallest absolute Gasteiger partial charge is 0.242 e. The van der Waals surface area contributed by atoms with E-state index < -0.39 is 10.0 Å². The summed E-state index contributed by atoms with van der Waals surface area (Å²) in [6.45, 7) is 2.78. The fourth-order valence-corrected chi connectivity index (χ4v) is 4.65. The second-order valence-electron chi connectivity index (χ2n) is 4.61. The van der Waals surface area contributed by atoms with Gasteiger partial charge in [0, 0.05) is 24.5 Å². The predicted molar refractivity (Wildman–Crippen MR) is 84.1 cm³/mol. The molecular formula is C12H18ClN3O2S2. The molecule has 112 valence electrons. The van der Waals surface area contributed by atoms with E-state index in [1.807, 2.05) is 6.92 Å². The van der Waals surface area contributed by atoms with Crippen molar-refractivity contribution >= 4 is 39.2 Å². The van der Waals surface area contributed by atoms with Gasteiger partial charge in [0.15, 0.2) is 0 Å². The fourth-order valence-electron chi connectivity index (χ4n) is 1.86. The molecule has 1 unspecified atom stereocenters. The Bertz CT molecular complexity index is 560. The molecule has 1 atom stereocenters. The number of sulfonamides is 1. The Balaban J connectivity index is 2.13.